The van der Waals surface area contributed by atoms with Gasteiger partial charge in [0.25, 0.3) is 0 Å². The Hall–Kier alpha value is -2.54. The van der Waals surface area contributed by atoms with Gasteiger partial charge >= 0.3 is 6.03 Å². The summed E-state index contributed by atoms with van der Waals surface area (Å²) in [5.74, 6) is 0.838. The van der Waals surface area contributed by atoms with Crippen LogP contribution in [0, 0.1) is 6.92 Å². The van der Waals surface area contributed by atoms with Crippen LogP contribution < -0.4 is 10.1 Å². The number of aryl methyl sites for hydroxylation is 1. The van der Waals surface area contributed by atoms with Crippen molar-refractivity contribution in [1.29, 1.82) is 0 Å². The largest absolute Gasteiger partial charge is 0.491 e. The Morgan fingerprint density at radius 1 is 1.26 bits per heavy atom. The first-order chi connectivity index (χ1) is 15.1. The number of rotatable bonds is 8. The molecule has 0 bridgehead atoms. The number of hydrogen-bond acceptors (Lipinski definition) is 4. The monoisotopic (exact) mass is 441 g/mol. The Morgan fingerprint density at radius 2 is 2.06 bits per heavy atom. The van der Waals surface area contributed by atoms with Crippen molar-refractivity contribution >= 4 is 23.3 Å². The lowest BCUT2D eigenvalue weighted by Crippen LogP contribution is -2.50. The van der Waals surface area contributed by atoms with Gasteiger partial charge in [-0.1, -0.05) is 25.1 Å². The van der Waals surface area contributed by atoms with Gasteiger partial charge < -0.3 is 19.9 Å². The van der Waals surface area contributed by atoms with E-state index < -0.39 is 0 Å². The quantitative estimate of drug-likeness (QED) is 0.670. The highest BCUT2D eigenvalue weighted by atomic mass is 32.1. The van der Waals surface area contributed by atoms with Crippen molar-refractivity contribution in [3.63, 3.8) is 0 Å². The van der Waals surface area contributed by atoms with E-state index in [1.165, 1.54) is 10.4 Å². The number of fused-ring (bicyclic) bond motifs is 1. The van der Waals surface area contributed by atoms with Gasteiger partial charge in [0, 0.05) is 24.0 Å². The van der Waals surface area contributed by atoms with Gasteiger partial charge in [0.05, 0.1) is 6.04 Å². The summed E-state index contributed by atoms with van der Waals surface area (Å²) >= 11 is 1.74. The van der Waals surface area contributed by atoms with Crippen LogP contribution in [0.15, 0.2) is 35.7 Å². The zero-order chi connectivity index (χ0) is 21.8. The fourth-order valence-corrected chi connectivity index (χ4v) is 5.01. The Balaban J connectivity index is 1.49. The Labute approximate surface area is 188 Å². The molecule has 1 atom stereocenters. The molecular weight excluding hydrogens is 410 g/mol. The molecule has 1 aliphatic carbocycles. The van der Waals surface area contributed by atoms with Crippen molar-refractivity contribution in [2.45, 2.75) is 51.6 Å². The SMILES string of the molecule is CCCNC(=O)N(CC(=O)N1CCc2sccc2[C@@H]1COc1ccccc1C)C1CC1. The Morgan fingerprint density at radius 3 is 2.81 bits per heavy atom. The molecule has 6 nitrogen and oxygen atoms in total. The van der Waals surface area contributed by atoms with Crippen LogP contribution in [0.25, 0.3) is 0 Å². The summed E-state index contributed by atoms with van der Waals surface area (Å²) in [5, 5.41) is 5.02. The molecule has 0 unspecified atom stereocenters. The number of nitrogens with zero attached hydrogens (tertiary/aromatic N) is 2. The second-order valence-electron chi connectivity index (χ2n) is 8.32. The molecule has 4 rings (SSSR count). The highest BCUT2D eigenvalue weighted by Gasteiger charge is 2.37. The van der Waals surface area contributed by atoms with E-state index in [-0.39, 0.29) is 30.6 Å². The number of carbonyl (C=O) groups is 2. The summed E-state index contributed by atoms with van der Waals surface area (Å²) in [5.41, 5.74) is 2.25. The van der Waals surface area contributed by atoms with Crippen LogP contribution in [-0.4, -0.2) is 54.0 Å². The number of amides is 3. The van der Waals surface area contributed by atoms with Gasteiger partial charge in [0.1, 0.15) is 18.9 Å². The lowest BCUT2D eigenvalue weighted by molar-refractivity contribution is -0.135. The number of benzene rings is 1. The number of ether oxygens (including phenoxy) is 1. The minimum atomic E-state index is -0.137. The standard InChI is InChI=1S/C24H31N3O3S/c1-3-12-25-24(29)27(18-8-9-18)15-23(28)26-13-10-22-19(11-14-31-22)20(26)16-30-21-7-5-4-6-17(21)2/h4-7,11,14,18,20H,3,8-10,12-13,15-16H2,1-2H3,(H,25,29)/t20-/m0/s1. The Kier molecular flexibility index (Phi) is 6.80. The molecule has 7 heteroatoms. The number of hydrogen-bond donors (Lipinski definition) is 1. The number of carbonyl (C=O) groups excluding carboxylic acids is 2. The number of nitrogens with one attached hydrogen (secondary N) is 1. The molecule has 1 fully saturated rings. The van der Waals surface area contributed by atoms with E-state index in [4.69, 9.17) is 4.74 Å². The summed E-state index contributed by atoms with van der Waals surface area (Å²) < 4.78 is 6.17. The van der Waals surface area contributed by atoms with Crippen LogP contribution >= 0.6 is 11.3 Å². The minimum absolute atomic E-state index is 0.00576. The normalized spacial score (nSPS) is 17.7. The Bertz CT molecular complexity index is 924. The summed E-state index contributed by atoms with van der Waals surface area (Å²) in [7, 11) is 0. The maximum Gasteiger partial charge on any atom is 0.318 e. The third-order valence-corrected chi connectivity index (χ3v) is 6.98. The third-order valence-electron chi connectivity index (χ3n) is 5.99. The minimum Gasteiger partial charge on any atom is -0.491 e. The summed E-state index contributed by atoms with van der Waals surface area (Å²) in [6, 6.07) is 9.97. The molecule has 2 aromatic rings. The molecule has 2 aliphatic rings. The van der Waals surface area contributed by atoms with Crippen molar-refractivity contribution in [3.05, 3.63) is 51.7 Å². The van der Waals surface area contributed by atoms with Crippen LogP contribution in [-0.2, 0) is 11.2 Å². The number of urea groups is 1. The van der Waals surface area contributed by atoms with Crippen molar-refractivity contribution in [1.82, 2.24) is 15.1 Å². The number of para-hydroxylation sites is 1. The predicted octanol–water partition coefficient (Wildman–Crippen LogP) is 4.15. The first kappa shape index (κ1) is 21.7. The highest BCUT2D eigenvalue weighted by molar-refractivity contribution is 7.10. The molecule has 0 radical (unpaired) electrons. The third kappa shape index (κ3) is 5.03. The van der Waals surface area contributed by atoms with Crippen molar-refractivity contribution in [2.75, 3.05) is 26.2 Å². The van der Waals surface area contributed by atoms with Crippen molar-refractivity contribution < 1.29 is 14.3 Å². The van der Waals surface area contributed by atoms with Crippen LogP contribution in [0.2, 0.25) is 0 Å². The van der Waals surface area contributed by atoms with Crippen LogP contribution in [0.4, 0.5) is 4.79 Å². The van der Waals surface area contributed by atoms with E-state index in [0.29, 0.717) is 19.7 Å². The summed E-state index contributed by atoms with van der Waals surface area (Å²) in [6.07, 6.45) is 3.68. The van der Waals surface area contributed by atoms with Crippen LogP contribution in [0.5, 0.6) is 5.75 Å². The maximum atomic E-state index is 13.4. The molecule has 0 spiro atoms. The molecule has 3 amide bonds. The second kappa shape index (κ2) is 9.73. The summed E-state index contributed by atoms with van der Waals surface area (Å²) in [4.78, 5) is 31.0. The first-order valence-corrected chi connectivity index (χ1v) is 12.0. The number of thiophene rings is 1. The molecule has 1 aliphatic heterocycles. The average Bonchev–Trinajstić information content (AvgIpc) is 3.50. The van der Waals surface area contributed by atoms with Crippen molar-refractivity contribution in [2.24, 2.45) is 0 Å². The molecule has 1 aromatic heterocycles. The van der Waals surface area contributed by atoms with E-state index in [1.807, 2.05) is 43.0 Å². The second-order valence-corrected chi connectivity index (χ2v) is 9.32. The molecule has 31 heavy (non-hydrogen) atoms. The van der Waals surface area contributed by atoms with Gasteiger partial charge in [-0.3, -0.25) is 4.79 Å². The van der Waals surface area contributed by atoms with Crippen LogP contribution in [0.1, 0.15) is 48.2 Å². The van der Waals surface area contributed by atoms with E-state index in [1.54, 1.807) is 16.2 Å². The molecule has 166 valence electrons. The fraction of sp³-hybridized carbons (Fsp3) is 0.500. The maximum absolute atomic E-state index is 13.4. The lowest BCUT2D eigenvalue weighted by Gasteiger charge is -2.37. The molecular formula is C24H31N3O3S. The van der Waals surface area contributed by atoms with E-state index >= 15 is 0 Å². The van der Waals surface area contributed by atoms with Gasteiger partial charge in [0.2, 0.25) is 5.91 Å². The summed E-state index contributed by atoms with van der Waals surface area (Å²) in [6.45, 7) is 5.87. The first-order valence-electron chi connectivity index (χ1n) is 11.2. The molecule has 1 N–H and O–H groups in total. The molecule has 2 heterocycles. The van der Waals surface area contributed by atoms with Gasteiger partial charge in [-0.25, -0.2) is 4.79 Å². The van der Waals surface area contributed by atoms with Gasteiger partial charge in [-0.05, 0) is 61.2 Å². The predicted molar refractivity (Wildman–Crippen MR) is 123 cm³/mol. The zero-order valence-electron chi connectivity index (χ0n) is 18.3. The smallest absolute Gasteiger partial charge is 0.318 e. The topological polar surface area (TPSA) is 61.9 Å². The van der Waals surface area contributed by atoms with E-state index in [2.05, 4.69) is 16.8 Å². The molecule has 0 saturated heterocycles. The lowest BCUT2D eigenvalue weighted by atomic mass is 10.0. The van der Waals surface area contributed by atoms with Crippen molar-refractivity contribution in [3.8, 4) is 5.75 Å². The highest BCUT2D eigenvalue weighted by Crippen LogP contribution is 2.35. The van der Waals surface area contributed by atoms with Gasteiger partial charge in [-0.2, -0.15) is 0 Å². The average molecular weight is 442 g/mol. The van der Waals surface area contributed by atoms with E-state index in [9.17, 15) is 9.59 Å². The van der Waals surface area contributed by atoms with E-state index in [0.717, 1.165) is 37.0 Å². The van der Waals surface area contributed by atoms with Gasteiger partial charge in [0.15, 0.2) is 0 Å². The zero-order valence-corrected chi connectivity index (χ0v) is 19.1. The molecule has 1 saturated carbocycles. The molecule has 1 aromatic carbocycles. The van der Waals surface area contributed by atoms with Crippen LogP contribution in [0.3, 0.4) is 0 Å². The van der Waals surface area contributed by atoms with Gasteiger partial charge in [-0.15, -0.1) is 11.3 Å². The fourth-order valence-electron chi connectivity index (χ4n) is 4.08.